The molecule has 0 unspecified atom stereocenters. The summed E-state index contributed by atoms with van der Waals surface area (Å²) >= 11 is 0. The Labute approximate surface area is 211 Å². The van der Waals surface area contributed by atoms with Gasteiger partial charge in [-0.25, -0.2) is 9.97 Å². The summed E-state index contributed by atoms with van der Waals surface area (Å²) in [7, 11) is 0. The molecule has 3 aromatic rings. The van der Waals surface area contributed by atoms with Crippen LogP contribution < -0.4 is 14.8 Å². The van der Waals surface area contributed by atoms with Gasteiger partial charge >= 0.3 is 12.3 Å². The Bertz CT molecular complexity index is 1340. The zero-order chi connectivity index (χ0) is 25.9. The van der Waals surface area contributed by atoms with Gasteiger partial charge in [-0.2, -0.15) is 0 Å². The number of nitrogens with zero attached hydrogens (tertiary/aromatic N) is 2. The maximum atomic E-state index is 12.7. The van der Waals surface area contributed by atoms with Crippen LogP contribution in [0.5, 0.6) is 17.4 Å². The standard InChI is InChI=1S/C27H26F3N3O4/c28-27(29,30)37-19-3-1-2-18(16-19)36-22-20-17(5-15-32-22)4-14-31-21(20)33-26(12-13-26)25-9-6-24(7-10-25,8-11-25)23(34)35/h1-5,14-16H,6-13H2,(H,31,33)(H,34,35). The lowest BCUT2D eigenvalue weighted by atomic mass is 9.50. The van der Waals surface area contributed by atoms with Crippen molar-refractivity contribution in [1.29, 1.82) is 0 Å². The van der Waals surface area contributed by atoms with Crippen molar-refractivity contribution in [3.8, 4) is 17.4 Å². The highest BCUT2D eigenvalue weighted by Gasteiger charge is 2.65. The second kappa shape index (κ2) is 8.22. The maximum absolute atomic E-state index is 12.7. The van der Waals surface area contributed by atoms with Crippen LogP contribution in [0.1, 0.15) is 51.4 Å². The number of carbonyl (C=O) groups is 1. The van der Waals surface area contributed by atoms with Crippen LogP contribution in [0.25, 0.3) is 10.8 Å². The Morgan fingerprint density at radius 1 is 0.919 bits per heavy atom. The lowest BCUT2D eigenvalue weighted by Gasteiger charge is -2.55. The highest BCUT2D eigenvalue weighted by atomic mass is 19.4. The summed E-state index contributed by atoms with van der Waals surface area (Å²) in [6.07, 6.45) is 5.10. The number of pyridine rings is 2. The van der Waals surface area contributed by atoms with E-state index < -0.39 is 17.7 Å². The Hall–Kier alpha value is -3.56. The third-order valence-electron chi connectivity index (χ3n) is 8.72. The van der Waals surface area contributed by atoms with E-state index in [1.807, 2.05) is 12.1 Å². The van der Waals surface area contributed by atoms with Crippen LogP contribution in [0.15, 0.2) is 48.8 Å². The van der Waals surface area contributed by atoms with Crippen molar-refractivity contribution in [3.05, 3.63) is 48.8 Å². The van der Waals surface area contributed by atoms with Crippen molar-refractivity contribution in [3.63, 3.8) is 0 Å². The molecule has 0 radical (unpaired) electrons. The van der Waals surface area contributed by atoms with Crippen molar-refractivity contribution in [2.24, 2.45) is 10.8 Å². The van der Waals surface area contributed by atoms with Crippen molar-refractivity contribution in [2.75, 3.05) is 5.32 Å². The van der Waals surface area contributed by atoms with Gasteiger partial charge in [-0.3, -0.25) is 4.79 Å². The molecule has 4 saturated carbocycles. The van der Waals surface area contributed by atoms with Gasteiger partial charge in [0, 0.05) is 24.0 Å². The van der Waals surface area contributed by atoms with E-state index in [0.717, 1.165) is 43.6 Å². The Morgan fingerprint density at radius 3 is 2.19 bits per heavy atom. The number of anilines is 1. The summed E-state index contributed by atoms with van der Waals surface area (Å²) in [4.78, 5) is 20.9. The van der Waals surface area contributed by atoms with Crippen LogP contribution in [-0.2, 0) is 4.79 Å². The lowest BCUT2D eigenvalue weighted by molar-refractivity contribution is -0.274. The largest absolute Gasteiger partial charge is 0.573 e. The van der Waals surface area contributed by atoms with E-state index in [1.54, 1.807) is 12.4 Å². The van der Waals surface area contributed by atoms with E-state index in [1.165, 1.54) is 18.2 Å². The van der Waals surface area contributed by atoms with Gasteiger partial charge in [0.2, 0.25) is 5.88 Å². The molecule has 0 saturated heterocycles. The van der Waals surface area contributed by atoms with Crippen LogP contribution >= 0.6 is 0 Å². The number of carboxylic acid groups (broad SMARTS) is 1. The summed E-state index contributed by atoms with van der Waals surface area (Å²) in [6, 6.07) is 8.98. The number of hydrogen-bond acceptors (Lipinski definition) is 6. The first-order valence-corrected chi connectivity index (χ1v) is 12.4. The first-order valence-electron chi connectivity index (χ1n) is 12.4. The Morgan fingerprint density at radius 2 is 1.57 bits per heavy atom. The molecule has 2 heterocycles. The Kier molecular flexibility index (Phi) is 5.29. The summed E-state index contributed by atoms with van der Waals surface area (Å²) < 4.78 is 48.0. The fourth-order valence-corrected chi connectivity index (χ4v) is 6.47. The molecule has 2 aromatic heterocycles. The fourth-order valence-electron chi connectivity index (χ4n) is 6.47. The molecular formula is C27H26F3N3O4. The molecule has 4 aliphatic rings. The topological polar surface area (TPSA) is 93.6 Å². The average molecular weight is 514 g/mol. The molecule has 194 valence electrons. The van der Waals surface area contributed by atoms with Gasteiger partial charge in [0.1, 0.15) is 17.3 Å². The summed E-state index contributed by atoms with van der Waals surface area (Å²) in [5, 5.41) is 15.0. The van der Waals surface area contributed by atoms with E-state index in [-0.39, 0.29) is 28.3 Å². The number of nitrogens with one attached hydrogen (secondary N) is 1. The second-order valence-electron chi connectivity index (χ2n) is 10.6. The minimum absolute atomic E-state index is 0.0144. The van der Waals surface area contributed by atoms with Crippen molar-refractivity contribution in [1.82, 2.24) is 9.97 Å². The lowest BCUT2D eigenvalue weighted by Crippen LogP contribution is -2.54. The molecule has 2 bridgehead atoms. The van der Waals surface area contributed by atoms with Gasteiger partial charge in [0.15, 0.2) is 0 Å². The average Bonchev–Trinajstić information content (AvgIpc) is 3.66. The number of alkyl halides is 3. The third-order valence-corrected chi connectivity index (χ3v) is 8.72. The minimum Gasteiger partial charge on any atom is -0.481 e. The van der Waals surface area contributed by atoms with Crippen molar-refractivity contribution in [2.45, 2.75) is 63.3 Å². The van der Waals surface area contributed by atoms with E-state index in [2.05, 4.69) is 20.0 Å². The molecule has 4 fully saturated rings. The predicted octanol–water partition coefficient (Wildman–Crippen LogP) is 6.69. The van der Waals surface area contributed by atoms with Crippen LogP contribution in [0.4, 0.5) is 19.0 Å². The number of benzene rings is 1. The van der Waals surface area contributed by atoms with Gasteiger partial charge in [0.05, 0.1) is 10.8 Å². The molecule has 0 atom stereocenters. The highest BCUT2D eigenvalue weighted by molar-refractivity contribution is 5.96. The van der Waals surface area contributed by atoms with Gasteiger partial charge in [-0.1, -0.05) is 6.07 Å². The van der Waals surface area contributed by atoms with E-state index in [9.17, 15) is 23.1 Å². The van der Waals surface area contributed by atoms with Gasteiger partial charge < -0.3 is 19.9 Å². The van der Waals surface area contributed by atoms with E-state index in [0.29, 0.717) is 30.5 Å². The smallest absolute Gasteiger partial charge is 0.481 e. The monoisotopic (exact) mass is 513 g/mol. The molecule has 1 aromatic carbocycles. The molecule has 2 N–H and O–H groups in total. The molecule has 4 aliphatic carbocycles. The quantitative estimate of drug-likeness (QED) is 0.364. The fraction of sp³-hybridized carbons (Fsp3) is 0.444. The molecule has 7 nitrogen and oxygen atoms in total. The van der Waals surface area contributed by atoms with Crippen LogP contribution in [0.3, 0.4) is 0 Å². The summed E-state index contributed by atoms with van der Waals surface area (Å²) in [6.45, 7) is 0. The summed E-state index contributed by atoms with van der Waals surface area (Å²) in [5.41, 5.74) is -0.738. The zero-order valence-electron chi connectivity index (χ0n) is 20.0. The highest BCUT2D eigenvalue weighted by Crippen LogP contribution is 2.67. The number of ether oxygens (including phenoxy) is 2. The first kappa shape index (κ1) is 23.8. The molecule has 0 amide bonds. The van der Waals surface area contributed by atoms with Gasteiger partial charge in [-0.15, -0.1) is 13.2 Å². The van der Waals surface area contributed by atoms with Crippen LogP contribution in [0.2, 0.25) is 0 Å². The number of fused-ring (bicyclic) bond motifs is 4. The first-order chi connectivity index (χ1) is 17.6. The van der Waals surface area contributed by atoms with E-state index in [4.69, 9.17) is 4.74 Å². The van der Waals surface area contributed by atoms with Gasteiger partial charge in [0.25, 0.3) is 0 Å². The number of carboxylic acids is 1. The molecule has 10 heteroatoms. The van der Waals surface area contributed by atoms with Gasteiger partial charge in [-0.05, 0) is 86.4 Å². The predicted molar refractivity (Wildman–Crippen MR) is 129 cm³/mol. The molecule has 37 heavy (non-hydrogen) atoms. The summed E-state index contributed by atoms with van der Waals surface area (Å²) in [5.74, 6) is -0.0731. The molecule has 7 rings (SSSR count). The van der Waals surface area contributed by atoms with Crippen LogP contribution in [0, 0.1) is 10.8 Å². The number of halogens is 3. The molecule has 0 spiro atoms. The third kappa shape index (κ3) is 4.12. The number of rotatable bonds is 7. The minimum atomic E-state index is -4.81. The number of aliphatic carboxylic acids is 1. The van der Waals surface area contributed by atoms with Crippen molar-refractivity contribution >= 4 is 22.6 Å². The second-order valence-corrected chi connectivity index (χ2v) is 10.6. The normalized spacial score (nSPS) is 26.0. The van der Waals surface area contributed by atoms with E-state index >= 15 is 0 Å². The number of hydrogen-bond donors (Lipinski definition) is 2. The zero-order valence-corrected chi connectivity index (χ0v) is 20.0. The van der Waals surface area contributed by atoms with Crippen molar-refractivity contribution < 1.29 is 32.5 Å². The molecule has 0 aliphatic heterocycles. The van der Waals surface area contributed by atoms with Crippen LogP contribution in [-0.4, -0.2) is 32.9 Å². The maximum Gasteiger partial charge on any atom is 0.573 e. The SMILES string of the molecule is O=C(O)C12CCC(C3(Nc4nccc5ccnc(Oc6cccc(OC(F)(F)F)c6)c45)CC3)(CC1)CC2. The Balaban J connectivity index is 1.30. The number of aromatic nitrogens is 2. The molecular weight excluding hydrogens is 487 g/mol.